The van der Waals surface area contributed by atoms with Gasteiger partial charge in [-0.3, -0.25) is 4.79 Å². The number of rotatable bonds is 6. The van der Waals surface area contributed by atoms with Crippen molar-refractivity contribution in [1.82, 2.24) is 19.0 Å². The van der Waals surface area contributed by atoms with Gasteiger partial charge in [-0.1, -0.05) is 18.2 Å². The number of carbonyl (C=O) groups is 1. The second-order valence-corrected chi connectivity index (χ2v) is 10.8. The van der Waals surface area contributed by atoms with E-state index in [2.05, 4.69) is 5.10 Å². The van der Waals surface area contributed by atoms with Crippen molar-refractivity contribution in [1.29, 1.82) is 5.26 Å². The van der Waals surface area contributed by atoms with E-state index in [-0.39, 0.29) is 29.8 Å². The Kier molecular flexibility index (Phi) is 7.05. The molecule has 1 fully saturated rings. The molecule has 0 atom stereocenters. The van der Waals surface area contributed by atoms with Gasteiger partial charge in [0.25, 0.3) is 0 Å². The van der Waals surface area contributed by atoms with Gasteiger partial charge in [-0.15, -0.1) is 0 Å². The zero-order valence-electron chi connectivity index (χ0n) is 20.2. The average molecular weight is 492 g/mol. The van der Waals surface area contributed by atoms with Crippen molar-refractivity contribution < 1.29 is 13.2 Å². The molecule has 0 bridgehead atoms. The molecule has 35 heavy (non-hydrogen) atoms. The first-order valence-corrected chi connectivity index (χ1v) is 13.0. The molecule has 8 nitrogen and oxygen atoms in total. The molecule has 0 N–H and O–H groups in total. The summed E-state index contributed by atoms with van der Waals surface area (Å²) in [6, 6.07) is 17.8. The van der Waals surface area contributed by atoms with E-state index in [4.69, 9.17) is 5.26 Å². The Labute approximate surface area is 206 Å². The van der Waals surface area contributed by atoms with Gasteiger partial charge < -0.3 is 4.90 Å². The Morgan fingerprint density at radius 2 is 1.71 bits per heavy atom. The SMILES string of the molecule is Cc1nn(-c2ccccc2)c(C)c1CN(C)C(=O)C1CCN(S(=O)(=O)c2ccc(C#N)cc2)CC1. The monoisotopic (exact) mass is 491 g/mol. The van der Waals surface area contributed by atoms with Crippen LogP contribution in [0.5, 0.6) is 0 Å². The standard InChI is InChI=1S/C26H29N5O3S/c1-19-25(20(2)31(28-19)23-7-5-4-6-8-23)18-29(3)26(32)22-13-15-30(16-14-22)35(33,34)24-11-9-21(17-27)10-12-24/h4-12,22H,13-16,18H2,1-3H3. The molecule has 182 valence electrons. The zero-order valence-corrected chi connectivity index (χ0v) is 21.0. The number of sulfonamides is 1. The van der Waals surface area contributed by atoms with Gasteiger partial charge in [0, 0.05) is 43.9 Å². The number of carbonyl (C=O) groups excluding carboxylic acids is 1. The molecular weight excluding hydrogens is 462 g/mol. The van der Waals surface area contributed by atoms with Crippen LogP contribution in [0.15, 0.2) is 59.5 Å². The Morgan fingerprint density at radius 3 is 2.31 bits per heavy atom. The molecule has 0 unspecified atom stereocenters. The molecule has 1 aromatic heterocycles. The van der Waals surface area contributed by atoms with Crippen LogP contribution in [0.1, 0.15) is 35.4 Å². The van der Waals surface area contributed by atoms with Gasteiger partial charge in [0.15, 0.2) is 0 Å². The third-order valence-corrected chi connectivity index (χ3v) is 8.55. The fourth-order valence-electron chi connectivity index (χ4n) is 4.54. The Balaban J connectivity index is 1.40. The summed E-state index contributed by atoms with van der Waals surface area (Å²) < 4.78 is 29.3. The lowest BCUT2D eigenvalue weighted by Crippen LogP contribution is -2.43. The highest BCUT2D eigenvalue weighted by molar-refractivity contribution is 7.89. The summed E-state index contributed by atoms with van der Waals surface area (Å²) in [5, 5.41) is 13.6. The van der Waals surface area contributed by atoms with Crippen LogP contribution >= 0.6 is 0 Å². The van der Waals surface area contributed by atoms with Crippen LogP contribution in [-0.2, 0) is 21.4 Å². The van der Waals surface area contributed by atoms with Gasteiger partial charge in [0.05, 0.1) is 27.9 Å². The number of para-hydroxylation sites is 1. The summed E-state index contributed by atoms with van der Waals surface area (Å²) >= 11 is 0. The maximum absolute atomic E-state index is 13.2. The Hall–Kier alpha value is -3.48. The number of nitriles is 1. The quantitative estimate of drug-likeness (QED) is 0.526. The highest BCUT2D eigenvalue weighted by Crippen LogP contribution is 2.26. The third-order valence-electron chi connectivity index (χ3n) is 6.64. The molecular formula is C26H29N5O3S. The number of piperidine rings is 1. The van der Waals surface area contributed by atoms with E-state index >= 15 is 0 Å². The smallest absolute Gasteiger partial charge is 0.243 e. The van der Waals surface area contributed by atoms with Gasteiger partial charge in [0.2, 0.25) is 15.9 Å². The first-order valence-electron chi connectivity index (χ1n) is 11.6. The third kappa shape index (κ3) is 4.99. The number of aromatic nitrogens is 2. The van der Waals surface area contributed by atoms with Crippen LogP contribution in [0.3, 0.4) is 0 Å². The van der Waals surface area contributed by atoms with Crippen molar-refractivity contribution in [3.63, 3.8) is 0 Å². The zero-order chi connectivity index (χ0) is 25.2. The molecule has 0 aliphatic carbocycles. The molecule has 1 aliphatic heterocycles. The topological polar surface area (TPSA) is 99.3 Å². The molecule has 0 radical (unpaired) electrons. The van der Waals surface area contributed by atoms with Crippen LogP contribution in [0, 0.1) is 31.1 Å². The molecule has 1 aliphatic rings. The highest BCUT2D eigenvalue weighted by Gasteiger charge is 2.33. The van der Waals surface area contributed by atoms with Crippen molar-refractivity contribution in [2.24, 2.45) is 5.92 Å². The van der Waals surface area contributed by atoms with E-state index in [9.17, 15) is 13.2 Å². The molecule has 2 heterocycles. The number of aryl methyl sites for hydroxylation is 1. The van der Waals surface area contributed by atoms with Crippen LogP contribution in [0.4, 0.5) is 0 Å². The van der Waals surface area contributed by atoms with E-state index in [1.165, 1.54) is 28.6 Å². The van der Waals surface area contributed by atoms with E-state index in [0.717, 1.165) is 22.6 Å². The molecule has 9 heteroatoms. The number of nitrogens with zero attached hydrogens (tertiary/aromatic N) is 5. The van der Waals surface area contributed by atoms with Crippen molar-refractivity contribution in [2.75, 3.05) is 20.1 Å². The first-order chi connectivity index (χ1) is 16.7. The van der Waals surface area contributed by atoms with Crippen molar-refractivity contribution in [3.05, 3.63) is 77.1 Å². The van der Waals surface area contributed by atoms with Crippen molar-refractivity contribution in [3.8, 4) is 11.8 Å². The molecule has 4 rings (SSSR count). The normalized spacial score (nSPS) is 15.0. The lowest BCUT2D eigenvalue weighted by Gasteiger charge is -2.32. The Morgan fingerprint density at radius 1 is 1.09 bits per heavy atom. The average Bonchev–Trinajstić information content (AvgIpc) is 3.17. The minimum absolute atomic E-state index is 0.0201. The molecule has 1 saturated heterocycles. The van der Waals surface area contributed by atoms with Gasteiger partial charge in [-0.2, -0.15) is 14.7 Å². The van der Waals surface area contributed by atoms with Crippen LogP contribution in [-0.4, -0.2) is 53.4 Å². The molecule has 1 amide bonds. The summed E-state index contributed by atoms with van der Waals surface area (Å²) in [6.45, 7) is 4.99. The van der Waals surface area contributed by atoms with E-state index < -0.39 is 10.0 Å². The lowest BCUT2D eigenvalue weighted by atomic mass is 9.96. The summed E-state index contributed by atoms with van der Waals surface area (Å²) in [6.07, 6.45) is 0.944. The highest BCUT2D eigenvalue weighted by atomic mass is 32.2. The summed E-state index contributed by atoms with van der Waals surface area (Å²) in [7, 11) is -1.86. The summed E-state index contributed by atoms with van der Waals surface area (Å²) in [4.78, 5) is 15.1. The van der Waals surface area contributed by atoms with Crippen LogP contribution in [0.2, 0.25) is 0 Å². The summed E-state index contributed by atoms with van der Waals surface area (Å²) in [5.41, 5.74) is 4.29. The lowest BCUT2D eigenvalue weighted by molar-refractivity contribution is -0.135. The second-order valence-electron chi connectivity index (χ2n) is 8.91. The molecule has 0 saturated carbocycles. The second kappa shape index (κ2) is 10.0. The van der Waals surface area contributed by atoms with Crippen LogP contribution < -0.4 is 0 Å². The minimum Gasteiger partial charge on any atom is -0.341 e. The van der Waals surface area contributed by atoms with E-state index in [0.29, 0.717) is 24.9 Å². The fourth-order valence-corrected chi connectivity index (χ4v) is 6.01. The Bertz CT molecular complexity index is 1350. The van der Waals surface area contributed by atoms with Gasteiger partial charge >= 0.3 is 0 Å². The first kappa shape index (κ1) is 24.6. The minimum atomic E-state index is -3.65. The number of hydrogen-bond acceptors (Lipinski definition) is 5. The van der Waals surface area contributed by atoms with Gasteiger partial charge in [-0.05, 0) is 63.1 Å². The molecule has 3 aromatic rings. The summed E-state index contributed by atoms with van der Waals surface area (Å²) in [5.74, 6) is -0.205. The predicted octanol–water partition coefficient (Wildman–Crippen LogP) is 3.42. The van der Waals surface area contributed by atoms with E-state index in [1.54, 1.807) is 11.9 Å². The van der Waals surface area contributed by atoms with Gasteiger partial charge in [-0.25, -0.2) is 13.1 Å². The predicted molar refractivity (Wildman–Crippen MR) is 132 cm³/mol. The largest absolute Gasteiger partial charge is 0.341 e. The molecule has 2 aromatic carbocycles. The maximum atomic E-state index is 13.2. The number of amides is 1. The number of hydrogen-bond donors (Lipinski definition) is 0. The molecule has 0 spiro atoms. The number of benzene rings is 2. The van der Waals surface area contributed by atoms with Gasteiger partial charge in [0.1, 0.15) is 0 Å². The van der Waals surface area contributed by atoms with Crippen molar-refractivity contribution in [2.45, 2.75) is 38.1 Å². The fraction of sp³-hybridized carbons (Fsp3) is 0.346. The van der Waals surface area contributed by atoms with E-state index in [1.807, 2.05) is 54.9 Å². The van der Waals surface area contributed by atoms with Crippen molar-refractivity contribution >= 4 is 15.9 Å². The maximum Gasteiger partial charge on any atom is 0.243 e. The van der Waals surface area contributed by atoms with Crippen LogP contribution in [0.25, 0.3) is 5.69 Å².